The second-order valence-electron chi connectivity index (χ2n) is 2.27. The third kappa shape index (κ3) is 6.43. The minimum atomic E-state index is 0. The van der Waals surface area contributed by atoms with Crippen molar-refractivity contribution < 1.29 is 4.74 Å². The maximum absolute atomic E-state index is 5.43. The van der Waals surface area contributed by atoms with Gasteiger partial charge in [0.2, 0.25) is 0 Å². The highest BCUT2D eigenvalue weighted by molar-refractivity contribution is 7.59. The molecule has 1 unspecified atom stereocenters. The van der Waals surface area contributed by atoms with Crippen molar-refractivity contribution >= 4 is 13.5 Å². The number of ether oxygens (including phenoxy) is 1. The Morgan fingerprint density at radius 2 is 1.80 bits per heavy atom. The largest absolute Gasteiger partial charge is 0.379 e. The molecular weight excluding hydrogens is 144 g/mol. The molecule has 0 aromatic rings. The highest BCUT2D eigenvalue weighted by Crippen LogP contribution is 2.04. The first-order valence-corrected chi connectivity index (χ1v) is 3.96. The number of hydrogen-bond donors (Lipinski definition) is 0. The molecule has 0 saturated heterocycles. The van der Waals surface area contributed by atoms with E-state index < -0.39 is 0 Å². The van der Waals surface area contributed by atoms with Crippen molar-refractivity contribution in [2.45, 2.75) is 46.1 Å². The molecule has 0 aliphatic carbocycles. The fourth-order valence-corrected chi connectivity index (χ4v) is 0.963. The Bertz CT molecular complexity index is 51.2. The van der Waals surface area contributed by atoms with Crippen LogP contribution in [0.4, 0.5) is 0 Å². The molecule has 0 N–H and O–H groups in total. The first-order valence-electron chi connectivity index (χ1n) is 3.96. The summed E-state index contributed by atoms with van der Waals surface area (Å²) in [5.74, 6) is 0. The molecule has 0 aromatic heterocycles. The predicted molar refractivity (Wildman–Crippen MR) is 51.0 cm³/mol. The summed E-state index contributed by atoms with van der Waals surface area (Å²) >= 11 is 0. The van der Waals surface area contributed by atoms with Crippen LogP contribution in [0.1, 0.15) is 40.0 Å². The van der Waals surface area contributed by atoms with Gasteiger partial charge in [-0.05, 0) is 19.8 Å². The van der Waals surface area contributed by atoms with Gasteiger partial charge in [-0.3, -0.25) is 0 Å². The second kappa shape index (κ2) is 9.31. The van der Waals surface area contributed by atoms with E-state index in [4.69, 9.17) is 4.74 Å². The van der Waals surface area contributed by atoms with Gasteiger partial charge in [0.05, 0.1) is 6.10 Å². The molecule has 0 radical (unpaired) electrons. The molecule has 0 aliphatic rings. The lowest BCUT2D eigenvalue weighted by molar-refractivity contribution is 0.0538. The van der Waals surface area contributed by atoms with Crippen LogP contribution < -0.4 is 0 Å². The van der Waals surface area contributed by atoms with E-state index in [1.807, 2.05) is 0 Å². The fraction of sp³-hybridized carbons (Fsp3) is 1.00. The Morgan fingerprint density at radius 3 is 2.10 bits per heavy atom. The van der Waals surface area contributed by atoms with Gasteiger partial charge in [0.1, 0.15) is 0 Å². The zero-order valence-electron chi connectivity index (χ0n) is 7.31. The van der Waals surface area contributed by atoms with E-state index in [9.17, 15) is 0 Å². The average molecular weight is 164 g/mol. The zero-order valence-corrected chi connectivity index (χ0v) is 8.31. The van der Waals surface area contributed by atoms with Crippen LogP contribution in [-0.2, 0) is 4.74 Å². The highest BCUT2D eigenvalue weighted by Gasteiger charge is 2.01. The summed E-state index contributed by atoms with van der Waals surface area (Å²) < 4.78 is 5.43. The van der Waals surface area contributed by atoms with E-state index in [1.54, 1.807) is 0 Å². The quantitative estimate of drug-likeness (QED) is 0.607. The molecule has 1 atom stereocenters. The molecule has 0 rings (SSSR count). The van der Waals surface area contributed by atoms with E-state index in [2.05, 4.69) is 20.8 Å². The minimum absolute atomic E-state index is 0. The van der Waals surface area contributed by atoms with Crippen LogP contribution in [0.5, 0.6) is 0 Å². The Labute approximate surface area is 71.6 Å². The van der Waals surface area contributed by atoms with E-state index in [0.29, 0.717) is 6.10 Å². The average Bonchev–Trinajstić information content (AvgIpc) is 1.88. The van der Waals surface area contributed by atoms with Crippen molar-refractivity contribution in [2.24, 2.45) is 0 Å². The Kier molecular flexibility index (Phi) is 12.0. The first kappa shape index (κ1) is 12.9. The van der Waals surface area contributed by atoms with Gasteiger partial charge in [-0.2, -0.15) is 13.5 Å². The van der Waals surface area contributed by atoms with Crippen molar-refractivity contribution in [3.05, 3.63) is 0 Å². The van der Waals surface area contributed by atoms with E-state index in [1.165, 1.54) is 12.8 Å². The molecule has 1 nitrogen and oxygen atoms in total. The topological polar surface area (TPSA) is 9.23 Å². The molecule has 0 saturated carbocycles. The van der Waals surface area contributed by atoms with Crippen LogP contribution in [0.3, 0.4) is 0 Å². The van der Waals surface area contributed by atoms with Crippen LogP contribution >= 0.6 is 13.5 Å². The molecule has 0 fully saturated rings. The van der Waals surface area contributed by atoms with Crippen molar-refractivity contribution in [2.75, 3.05) is 6.61 Å². The lowest BCUT2D eigenvalue weighted by Crippen LogP contribution is -2.10. The maximum Gasteiger partial charge on any atom is 0.0572 e. The number of rotatable bonds is 5. The van der Waals surface area contributed by atoms with Crippen molar-refractivity contribution in [1.82, 2.24) is 0 Å². The summed E-state index contributed by atoms with van der Waals surface area (Å²) in [7, 11) is 0. The van der Waals surface area contributed by atoms with Crippen molar-refractivity contribution in [1.29, 1.82) is 0 Å². The van der Waals surface area contributed by atoms with Gasteiger partial charge >= 0.3 is 0 Å². The molecule has 0 heterocycles. The normalized spacial score (nSPS) is 12.3. The third-order valence-corrected chi connectivity index (χ3v) is 1.47. The second-order valence-corrected chi connectivity index (χ2v) is 2.27. The van der Waals surface area contributed by atoms with Crippen LogP contribution in [-0.4, -0.2) is 12.7 Å². The Morgan fingerprint density at radius 1 is 1.20 bits per heavy atom. The summed E-state index contributed by atoms with van der Waals surface area (Å²) in [5, 5.41) is 0. The van der Waals surface area contributed by atoms with E-state index in [-0.39, 0.29) is 13.5 Å². The van der Waals surface area contributed by atoms with Crippen molar-refractivity contribution in [3.8, 4) is 0 Å². The van der Waals surface area contributed by atoms with E-state index >= 15 is 0 Å². The van der Waals surface area contributed by atoms with Gasteiger partial charge < -0.3 is 4.74 Å². The minimum Gasteiger partial charge on any atom is -0.379 e. The summed E-state index contributed by atoms with van der Waals surface area (Å²) in [6, 6.07) is 0. The van der Waals surface area contributed by atoms with Crippen LogP contribution in [0.15, 0.2) is 0 Å². The zero-order chi connectivity index (χ0) is 7.11. The molecule has 10 heavy (non-hydrogen) atoms. The smallest absolute Gasteiger partial charge is 0.0572 e. The monoisotopic (exact) mass is 164 g/mol. The number of hydrogen-bond acceptors (Lipinski definition) is 1. The third-order valence-electron chi connectivity index (χ3n) is 1.47. The summed E-state index contributed by atoms with van der Waals surface area (Å²) in [5.41, 5.74) is 0. The molecule has 0 amide bonds. The summed E-state index contributed by atoms with van der Waals surface area (Å²) in [6.07, 6.45) is 4.12. The SMILES string of the molecule is CCCC(CC)OCC.S. The van der Waals surface area contributed by atoms with Gasteiger partial charge in [0, 0.05) is 6.61 Å². The van der Waals surface area contributed by atoms with Crippen LogP contribution in [0.2, 0.25) is 0 Å². The first-order chi connectivity index (χ1) is 4.35. The molecule has 0 aliphatic heterocycles. The summed E-state index contributed by atoms with van der Waals surface area (Å²) in [6.45, 7) is 7.29. The van der Waals surface area contributed by atoms with E-state index in [0.717, 1.165) is 13.0 Å². The molecule has 0 spiro atoms. The lowest BCUT2D eigenvalue weighted by atomic mass is 10.2. The highest BCUT2D eigenvalue weighted by atomic mass is 32.1. The maximum atomic E-state index is 5.43. The molecule has 0 aromatic carbocycles. The summed E-state index contributed by atoms with van der Waals surface area (Å²) in [4.78, 5) is 0. The lowest BCUT2D eigenvalue weighted by Gasteiger charge is -2.12. The van der Waals surface area contributed by atoms with Gasteiger partial charge in [-0.1, -0.05) is 20.3 Å². The standard InChI is InChI=1S/C8H18O.H2S/c1-4-7-8(5-2)9-6-3;/h8H,4-7H2,1-3H3;1H2. The van der Waals surface area contributed by atoms with Crippen LogP contribution in [0.25, 0.3) is 0 Å². The molecule has 0 bridgehead atoms. The fourth-order valence-electron chi connectivity index (χ4n) is 0.963. The van der Waals surface area contributed by atoms with Crippen LogP contribution in [0, 0.1) is 0 Å². The molecule has 2 heteroatoms. The molecule has 64 valence electrons. The Hall–Kier alpha value is 0.310. The predicted octanol–water partition coefficient (Wildman–Crippen LogP) is 2.71. The van der Waals surface area contributed by atoms with Gasteiger partial charge in [-0.15, -0.1) is 0 Å². The Balaban J connectivity index is 0. The molecular formula is C8H20OS. The van der Waals surface area contributed by atoms with Crippen molar-refractivity contribution in [3.63, 3.8) is 0 Å². The van der Waals surface area contributed by atoms with Gasteiger partial charge in [0.25, 0.3) is 0 Å². The van der Waals surface area contributed by atoms with Gasteiger partial charge in [-0.25, -0.2) is 0 Å². The van der Waals surface area contributed by atoms with Gasteiger partial charge in [0.15, 0.2) is 0 Å².